The number of carbonyl (C=O) groups is 1. The van der Waals surface area contributed by atoms with E-state index in [4.69, 9.17) is 0 Å². The van der Waals surface area contributed by atoms with E-state index in [0.29, 0.717) is 37.4 Å². The summed E-state index contributed by atoms with van der Waals surface area (Å²) < 4.78 is 24.7. The quantitative estimate of drug-likeness (QED) is 0.764. The Kier molecular flexibility index (Phi) is 5.63. The summed E-state index contributed by atoms with van der Waals surface area (Å²) >= 11 is 0. The number of likely N-dealkylation sites (tertiary alicyclic amines) is 1. The maximum absolute atomic E-state index is 12.7. The van der Waals surface area contributed by atoms with Crippen molar-refractivity contribution in [1.82, 2.24) is 19.9 Å². The second-order valence-corrected chi connectivity index (χ2v) is 10.0. The van der Waals surface area contributed by atoms with Gasteiger partial charge >= 0.3 is 0 Å². The number of nitrogens with zero attached hydrogens (tertiary/aromatic N) is 4. The molecule has 0 N–H and O–H groups in total. The molecule has 3 heterocycles. The number of aromatic nitrogens is 3. The van der Waals surface area contributed by atoms with Crippen LogP contribution in [0.25, 0.3) is 11.4 Å². The number of piperidine rings is 1. The van der Waals surface area contributed by atoms with Crippen LogP contribution in [0, 0.1) is 5.92 Å². The molecule has 29 heavy (non-hydrogen) atoms. The van der Waals surface area contributed by atoms with Crippen LogP contribution in [0.15, 0.2) is 35.6 Å². The topological polar surface area (TPSA) is 93.1 Å². The molecule has 0 spiro atoms. The maximum Gasteiger partial charge on any atom is 0.225 e. The number of sulfone groups is 1. The van der Waals surface area contributed by atoms with E-state index in [1.165, 1.54) is 12.5 Å². The number of hydrogen-bond donors (Lipinski definition) is 0. The van der Waals surface area contributed by atoms with Crippen LogP contribution in [-0.4, -0.2) is 53.5 Å². The van der Waals surface area contributed by atoms with E-state index in [9.17, 15) is 13.2 Å². The van der Waals surface area contributed by atoms with E-state index >= 15 is 0 Å². The molecule has 2 fully saturated rings. The van der Waals surface area contributed by atoms with Crippen LogP contribution in [-0.2, 0) is 14.6 Å². The minimum Gasteiger partial charge on any atom is -0.342 e. The highest BCUT2D eigenvalue weighted by molar-refractivity contribution is 7.90. The Balaban J connectivity index is 1.58. The fraction of sp³-hybridized carbons (Fsp3) is 0.524. The van der Waals surface area contributed by atoms with Gasteiger partial charge in [0.1, 0.15) is 4.90 Å². The lowest BCUT2D eigenvalue weighted by Gasteiger charge is -2.33. The van der Waals surface area contributed by atoms with Gasteiger partial charge in [-0.1, -0.05) is 12.8 Å². The van der Waals surface area contributed by atoms with Crippen LogP contribution in [0.5, 0.6) is 0 Å². The van der Waals surface area contributed by atoms with Crippen molar-refractivity contribution >= 4 is 15.7 Å². The van der Waals surface area contributed by atoms with Crippen LogP contribution in [0.4, 0.5) is 0 Å². The first kappa shape index (κ1) is 19.9. The lowest BCUT2D eigenvalue weighted by molar-refractivity contribution is -0.136. The van der Waals surface area contributed by atoms with Crippen molar-refractivity contribution < 1.29 is 13.2 Å². The van der Waals surface area contributed by atoms with Gasteiger partial charge in [0, 0.05) is 55.3 Å². The van der Waals surface area contributed by atoms with E-state index in [2.05, 4.69) is 15.0 Å². The van der Waals surface area contributed by atoms with Crippen molar-refractivity contribution in [2.45, 2.75) is 49.3 Å². The number of carbonyl (C=O) groups excluding carboxylic acids is 1. The molecule has 0 radical (unpaired) electrons. The average Bonchev–Trinajstić information content (AvgIpc) is 3.28. The van der Waals surface area contributed by atoms with Gasteiger partial charge in [-0.2, -0.15) is 0 Å². The first-order valence-corrected chi connectivity index (χ1v) is 12.1. The summed E-state index contributed by atoms with van der Waals surface area (Å²) in [5, 5.41) is 0. The zero-order chi connectivity index (χ0) is 20.4. The number of amides is 1. The second-order valence-electron chi connectivity index (χ2n) is 8.03. The van der Waals surface area contributed by atoms with Gasteiger partial charge in [-0.25, -0.2) is 18.4 Å². The molecule has 0 bridgehead atoms. The highest BCUT2D eigenvalue weighted by Crippen LogP contribution is 2.34. The standard InChI is InChI=1S/C21H26N4O3S/c1-29(27,28)18-14-23-20(16-6-10-22-11-7-16)24-19(18)15-8-12-25(13-9-15)21(26)17-4-2-3-5-17/h6-7,10-11,14-15,17H,2-5,8-9,12-13H2,1H3. The van der Waals surface area contributed by atoms with Crippen molar-refractivity contribution in [3.05, 3.63) is 36.4 Å². The van der Waals surface area contributed by atoms with E-state index in [0.717, 1.165) is 31.2 Å². The summed E-state index contributed by atoms with van der Waals surface area (Å²) in [6.45, 7) is 1.30. The van der Waals surface area contributed by atoms with Gasteiger partial charge in [0.05, 0.1) is 5.69 Å². The van der Waals surface area contributed by atoms with Crippen molar-refractivity contribution in [1.29, 1.82) is 0 Å². The fourth-order valence-electron chi connectivity index (χ4n) is 4.41. The van der Waals surface area contributed by atoms with E-state index < -0.39 is 9.84 Å². The predicted molar refractivity (Wildman–Crippen MR) is 109 cm³/mol. The highest BCUT2D eigenvalue weighted by atomic mass is 32.2. The third kappa shape index (κ3) is 4.32. The summed E-state index contributed by atoms with van der Waals surface area (Å²) in [5.41, 5.74) is 1.37. The van der Waals surface area contributed by atoms with Gasteiger partial charge in [-0.3, -0.25) is 9.78 Å². The minimum absolute atomic E-state index is 0.00376. The molecule has 2 aliphatic rings. The average molecular weight is 415 g/mol. The molecule has 154 valence electrons. The van der Waals surface area contributed by atoms with Crippen LogP contribution in [0.3, 0.4) is 0 Å². The Morgan fingerprint density at radius 3 is 2.34 bits per heavy atom. The molecule has 8 heteroatoms. The summed E-state index contributed by atoms with van der Waals surface area (Å²) in [5.74, 6) is 0.940. The van der Waals surface area contributed by atoms with Crippen LogP contribution in [0.1, 0.15) is 50.1 Å². The molecular formula is C21H26N4O3S. The third-order valence-electron chi connectivity index (χ3n) is 6.02. The SMILES string of the molecule is CS(=O)(=O)c1cnc(-c2ccncc2)nc1C1CCN(C(=O)C2CCCC2)CC1. The predicted octanol–water partition coefficient (Wildman–Crippen LogP) is 2.84. The molecule has 1 aliphatic carbocycles. The fourth-order valence-corrected chi connectivity index (χ4v) is 5.24. The molecular weight excluding hydrogens is 388 g/mol. The normalized spacial score (nSPS) is 18.9. The van der Waals surface area contributed by atoms with Crippen molar-refractivity contribution in [3.8, 4) is 11.4 Å². The molecule has 1 saturated carbocycles. The van der Waals surface area contributed by atoms with E-state index in [-0.39, 0.29) is 22.6 Å². The maximum atomic E-state index is 12.7. The van der Waals surface area contributed by atoms with Crippen molar-refractivity contribution in [2.75, 3.05) is 19.3 Å². The number of hydrogen-bond acceptors (Lipinski definition) is 6. The lowest BCUT2D eigenvalue weighted by Crippen LogP contribution is -2.41. The van der Waals surface area contributed by atoms with Crippen LogP contribution >= 0.6 is 0 Å². The van der Waals surface area contributed by atoms with Gasteiger partial charge in [0.2, 0.25) is 5.91 Å². The Morgan fingerprint density at radius 1 is 1.07 bits per heavy atom. The molecule has 2 aromatic rings. The van der Waals surface area contributed by atoms with Crippen LogP contribution in [0.2, 0.25) is 0 Å². The Morgan fingerprint density at radius 2 is 1.72 bits per heavy atom. The zero-order valence-corrected chi connectivity index (χ0v) is 17.4. The molecule has 0 atom stereocenters. The summed E-state index contributed by atoms with van der Waals surface area (Å²) in [6, 6.07) is 3.62. The molecule has 4 rings (SSSR count). The number of pyridine rings is 1. The number of rotatable bonds is 4. The van der Waals surface area contributed by atoms with Crippen LogP contribution < -0.4 is 0 Å². The summed E-state index contributed by atoms with van der Waals surface area (Å²) in [6.07, 6.45) is 11.7. The lowest BCUT2D eigenvalue weighted by atomic mass is 9.92. The molecule has 0 aromatic carbocycles. The van der Waals surface area contributed by atoms with Gasteiger partial charge in [-0.05, 0) is 37.8 Å². The smallest absolute Gasteiger partial charge is 0.225 e. The van der Waals surface area contributed by atoms with Gasteiger partial charge < -0.3 is 4.90 Å². The second kappa shape index (κ2) is 8.18. The monoisotopic (exact) mass is 414 g/mol. The first-order chi connectivity index (χ1) is 13.9. The Labute approximate surface area is 171 Å². The third-order valence-corrected chi connectivity index (χ3v) is 7.13. The Bertz CT molecular complexity index is 980. The first-order valence-electron chi connectivity index (χ1n) is 10.2. The van der Waals surface area contributed by atoms with E-state index in [1.54, 1.807) is 12.4 Å². The highest BCUT2D eigenvalue weighted by Gasteiger charge is 2.32. The summed E-state index contributed by atoms with van der Waals surface area (Å²) in [4.78, 5) is 27.8. The Hall–Kier alpha value is -2.35. The largest absolute Gasteiger partial charge is 0.342 e. The molecule has 1 saturated heterocycles. The van der Waals surface area contributed by atoms with Crippen molar-refractivity contribution in [3.63, 3.8) is 0 Å². The van der Waals surface area contributed by atoms with Gasteiger partial charge in [-0.15, -0.1) is 0 Å². The summed E-state index contributed by atoms with van der Waals surface area (Å²) in [7, 11) is -3.44. The molecule has 0 unspecified atom stereocenters. The molecule has 1 amide bonds. The zero-order valence-electron chi connectivity index (χ0n) is 16.6. The molecule has 7 nitrogen and oxygen atoms in total. The van der Waals surface area contributed by atoms with E-state index in [1.807, 2.05) is 17.0 Å². The van der Waals surface area contributed by atoms with Gasteiger partial charge in [0.15, 0.2) is 15.7 Å². The minimum atomic E-state index is -3.44. The van der Waals surface area contributed by atoms with Crippen molar-refractivity contribution in [2.24, 2.45) is 5.92 Å². The molecule has 2 aromatic heterocycles. The molecule has 1 aliphatic heterocycles. The van der Waals surface area contributed by atoms with Gasteiger partial charge in [0.25, 0.3) is 0 Å².